The molecular weight excluding hydrogens is 2040 g/mol. The Morgan fingerprint density at radius 2 is 0.852 bits per heavy atom. The van der Waals surface area contributed by atoms with Crippen molar-refractivity contribution in [1.82, 2.24) is 0 Å². The number of benzene rings is 8. The standard InChI is InChI=1S/C21H25ClO7.C20H23ClO6.C18H42O6Si4.C14H12BrClO.C13H10BrClO.C6H16Si.C4H10O.2CH4.BF3/c1-27-15-6-3-12(4-7-15)9-13-10-14(5-8-16(13)22)21(28-2)20(26)19(25)18(24)17(11-23)29-21;1-26-14-5-2-11(3-6-14)8-13-9-12(4-7-15(13)21)20-19(25)18(24)17(23)16(10-22)27-20;1-25(2,3)20-13-14-15(22-26(4,5)6)16(23-27(7,8)9)17(18(19)21-14)24-28(10,11)12;1-17-13-5-2-10(3-6-13)8-11-9-12(15)4-7-14(11)16;14-11-3-6-13(15)10(8-11)7-9-1-4-12(16)5-2-9;1-4-7(5-2)6-3;1-3-5-4-2;;;2-1(3)4/h3-8,10,17-20,23-26H,9,11H2,1-2H3;2-7,9,16-20,22-25H,8,10H2,1H3;14-17H,13H2,1-12H3;2-7,9H,8H2,1H3;1-6,8,16H,7H2;7H,4-6H2,1-3H3;3-4H2,1-2H3;2*1H4;/t17-,18-,19+,20-,21?;16-,17-,18+,19-,20+;14-,15-,16+,17-;;;;;;;/m111......./s1/i1D3,9D2;1D3,8D2;;1D3,8D2;7D2;;;;;. The molecule has 0 amide bonds. The van der Waals surface area contributed by atoms with Crippen molar-refractivity contribution in [2.75, 3.05) is 61.3 Å². The first kappa shape index (κ1) is 98.6. The number of aliphatic hydroxyl groups is 8. The van der Waals surface area contributed by atoms with Gasteiger partial charge in [0.2, 0.25) is 5.79 Å². The number of aromatic hydroxyl groups is 1. The van der Waals surface area contributed by atoms with Crippen LogP contribution in [0.2, 0.25) is 117 Å². The van der Waals surface area contributed by atoms with Gasteiger partial charge in [0.15, 0.2) is 45.5 Å². The average Bonchev–Trinajstić information content (AvgIpc) is 0.894. The molecule has 0 aromatic heterocycles. The maximum Gasteiger partial charge on any atom is 0.762 e. The number of phenols is 1. The Bertz CT molecular complexity index is 5450. The zero-order chi connectivity index (χ0) is 115. The first-order chi connectivity index (χ1) is 68.9. The van der Waals surface area contributed by atoms with E-state index in [-0.39, 0.29) is 102 Å². The number of carbonyl (C=O) groups excluding carboxylic acids is 1. The molecule has 3 heterocycles. The van der Waals surface area contributed by atoms with E-state index in [1.165, 1.54) is 147 Å². The molecule has 14 atom stereocenters. The molecule has 0 aliphatic carbocycles. The lowest BCUT2D eigenvalue weighted by Crippen LogP contribution is -2.64. The van der Waals surface area contributed by atoms with Crippen LogP contribution in [0.3, 0.4) is 0 Å². The molecule has 0 saturated carbocycles. The topological polar surface area (TPSA) is 310 Å². The Hall–Kier alpha value is -5.15. The van der Waals surface area contributed by atoms with Gasteiger partial charge in [0.25, 0.3) is 0 Å². The molecule has 1 unspecified atom stereocenters. The van der Waals surface area contributed by atoms with Gasteiger partial charge in [-0.1, -0.05) is 199 Å². The van der Waals surface area contributed by atoms with E-state index in [9.17, 15) is 63.7 Å². The number of halogens is 9. The van der Waals surface area contributed by atoms with Crippen LogP contribution in [-0.4, -0.2) is 236 Å². The van der Waals surface area contributed by atoms with E-state index < -0.39 is 180 Å². The lowest BCUT2D eigenvalue weighted by atomic mass is 9.87. The molecule has 22 nitrogen and oxygen atoms in total. The Morgan fingerprint density at radius 3 is 1.21 bits per heavy atom. The molecule has 3 saturated heterocycles. The van der Waals surface area contributed by atoms with Crippen LogP contribution in [0.1, 0.15) is 135 Å². The molecule has 135 heavy (non-hydrogen) atoms. The van der Waals surface area contributed by atoms with Crippen molar-refractivity contribution in [3.63, 3.8) is 0 Å². The molecule has 0 radical (unpaired) electrons. The van der Waals surface area contributed by atoms with Crippen LogP contribution < -0.4 is 14.2 Å². The summed E-state index contributed by atoms with van der Waals surface area (Å²) in [6.07, 6.45) is -23.2. The van der Waals surface area contributed by atoms with E-state index >= 15 is 0 Å². The van der Waals surface area contributed by atoms with Gasteiger partial charge in [-0.05, 0) is 271 Å². The number of methoxy groups -OCH3 is 4. The summed E-state index contributed by atoms with van der Waals surface area (Å²) in [5.41, 5.74) is 2.18. The predicted octanol–water partition coefficient (Wildman–Crippen LogP) is 21.7. The first-order valence-corrected chi connectivity index (χ1v) is 61.8. The smallest absolute Gasteiger partial charge is 0.508 e. The number of phenolic OH excluding ortho intramolecular Hbond substituents is 1. The first-order valence-electron chi connectivity index (χ1n) is 51.1. The highest BCUT2D eigenvalue weighted by Crippen LogP contribution is 2.42. The Labute approximate surface area is 866 Å². The molecule has 3 aliphatic rings. The summed E-state index contributed by atoms with van der Waals surface area (Å²) in [4.78, 5) is 12.9. The van der Waals surface area contributed by atoms with Crippen LogP contribution in [0.4, 0.5) is 12.9 Å². The van der Waals surface area contributed by atoms with Crippen LogP contribution in [-0.2, 0) is 77.5 Å². The third kappa shape index (κ3) is 43.7. The summed E-state index contributed by atoms with van der Waals surface area (Å²) in [6.45, 7) is 37.1. The summed E-state index contributed by atoms with van der Waals surface area (Å²) >= 11 is 31.3. The van der Waals surface area contributed by atoms with Gasteiger partial charge in [0.05, 0.1) is 53.3 Å². The molecular formula is C98H146BBr2Cl4F3O22Si5. The Balaban J connectivity index is 0.000000623. The number of hydrogen-bond donors (Lipinski definition) is 9. The van der Waals surface area contributed by atoms with E-state index in [1.807, 2.05) is 13.8 Å². The van der Waals surface area contributed by atoms with Gasteiger partial charge < -0.3 is 102 Å². The van der Waals surface area contributed by atoms with Gasteiger partial charge in [0, 0.05) is 74.7 Å². The van der Waals surface area contributed by atoms with Crippen molar-refractivity contribution in [2.45, 2.75) is 257 Å². The minimum Gasteiger partial charge on any atom is -0.508 e. The summed E-state index contributed by atoms with van der Waals surface area (Å²) in [7, 11) is -18.1. The lowest BCUT2D eigenvalue weighted by Gasteiger charge is -2.47. The molecule has 756 valence electrons. The Morgan fingerprint density at radius 1 is 0.481 bits per heavy atom. The number of carbonyl (C=O) groups is 1. The number of aliphatic hydroxyl groups excluding tert-OH is 8. The highest BCUT2D eigenvalue weighted by molar-refractivity contribution is 9.10. The van der Waals surface area contributed by atoms with Gasteiger partial charge in [-0.2, -0.15) is 0 Å². The molecule has 0 bridgehead atoms. The average molecular weight is 2200 g/mol. The normalized spacial score (nSPS) is 23.9. The summed E-state index contributed by atoms with van der Waals surface area (Å²) in [5.74, 6) is -2.07. The predicted molar refractivity (Wildman–Crippen MR) is 558 cm³/mol. The van der Waals surface area contributed by atoms with Crippen molar-refractivity contribution < 1.29 is 143 Å². The van der Waals surface area contributed by atoms with Crippen LogP contribution in [0.25, 0.3) is 0 Å². The minimum absolute atomic E-state index is 0. The third-order valence-corrected chi connectivity index (χ3v) is 29.1. The number of ether oxygens (including phenoxy) is 8. The van der Waals surface area contributed by atoms with Crippen LogP contribution in [0.5, 0.6) is 23.0 Å². The number of cyclic esters (lactones) is 1. The molecule has 3 fully saturated rings. The fourth-order valence-corrected chi connectivity index (χ4v) is 19.7. The van der Waals surface area contributed by atoms with Crippen molar-refractivity contribution in [3.05, 3.63) is 255 Å². The molecule has 8 aromatic rings. The fourth-order valence-electron chi connectivity index (χ4n) is 12.8. The van der Waals surface area contributed by atoms with Crippen molar-refractivity contribution >= 4 is 134 Å². The molecule has 37 heteroatoms. The van der Waals surface area contributed by atoms with Gasteiger partial charge >= 0.3 is 13.5 Å². The second kappa shape index (κ2) is 61.6. The monoisotopic (exact) mass is 2200 g/mol. The second-order valence-corrected chi connectivity index (χ2v) is 59.6. The van der Waals surface area contributed by atoms with E-state index in [2.05, 4.69) is 131 Å². The van der Waals surface area contributed by atoms with Gasteiger partial charge in [-0.25, -0.2) is 4.79 Å². The van der Waals surface area contributed by atoms with Gasteiger partial charge in [0.1, 0.15) is 90.1 Å². The molecule has 3 aliphatic heterocycles. The van der Waals surface area contributed by atoms with E-state index in [1.54, 1.807) is 48.5 Å². The highest BCUT2D eigenvalue weighted by Gasteiger charge is 2.56. The van der Waals surface area contributed by atoms with Crippen LogP contribution in [0.15, 0.2) is 179 Å². The second-order valence-electron chi connectivity index (χ2n) is 34.1. The van der Waals surface area contributed by atoms with E-state index in [4.69, 9.17) is 125 Å². The third-order valence-electron chi connectivity index (χ3n) is 19.4. The maximum absolute atomic E-state index is 12.9. The van der Waals surface area contributed by atoms with Crippen LogP contribution in [0, 0.1) is 0 Å². The van der Waals surface area contributed by atoms with Gasteiger partial charge in [-0.15, -0.1) is 0 Å². The van der Waals surface area contributed by atoms with Crippen molar-refractivity contribution in [1.29, 1.82) is 0 Å². The minimum atomic E-state index is -3.67. The maximum atomic E-state index is 12.9. The molecule has 8 aromatic carbocycles. The van der Waals surface area contributed by atoms with Crippen LogP contribution >= 0.6 is 78.3 Å². The number of esters is 1. The Kier molecular flexibility index (Phi) is 45.0. The SMILES string of the molecule is C.C.CCOCC.CC[SiH](CC)CC.C[Si](C)(C)OC[C@H]1OC(=O)[C@H](O[Si](C)(C)C)[C@@H](O[Si](C)(C)C)[C@@H]1O[Si](C)(C)C.FB(F)F.[2H]C([2H])([2H])Oc1ccc(C([2H])([2H])c2cc(Br)ccc2Cl)cc1.[2H]C([2H])([2H])Oc1ccc(C([2H])([2H])c2cc(C3(OC)O[C@H](CO)[C@@H](O)[C@H](O)[C@H]3O)ccc2Cl)cc1.[2H]C([2H])([2H])Oc1ccc(C([2H])([2H])c2cc([C@@H]3O[C@H](CO)[C@@H](O)[C@H](O)[C@H]3O)ccc2Cl)cc1.[2H]C([2H])(c1ccc(O)cc1)c1cc(Br)ccc1Cl. The quantitative estimate of drug-likeness (QED) is 0.0149. The summed E-state index contributed by atoms with van der Waals surface area (Å²) in [5, 5.41) is 90.5. The zero-order valence-corrected chi connectivity index (χ0v) is 89.1. The number of hydrogen-bond acceptors (Lipinski definition) is 22. The van der Waals surface area contributed by atoms with Crippen molar-refractivity contribution in [3.8, 4) is 23.0 Å². The molecule has 9 N–H and O–H groups in total. The van der Waals surface area contributed by atoms with E-state index in [0.717, 1.165) is 22.2 Å². The fraction of sp³-hybridized carbons (Fsp3) is 0.500. The number of rotatable bonds is 30. The van der Waals surface area contributed by atoms with E-state index in [0.29, 0.717) is 38.9 Å². The molecule has 0 spiro atoms. The van der Waals surface area contributed by atoms with Gasteiger partial charge in [-0.3, -0.25) is 12.9 Å². The summed E-state index contributed by atoms with van der Waals surface area (Å²) in [6, 6.07) is 45.4. The zero-order valence-electron chi connectivity index (χ0n) is 94.7. The largest absolute Gasteiger partial charge is 0.762 e. The molecule has 11 rings (SSSR count). The van der Waals surface area contributed by atoms with Crippen molar-refractivity contribution in [2.24, 2.45) is 0 Å². The summed E-state index contributed by atoms with van der Waals surface area (Å²) < 4.78 is 229. The highest BCUT2D eigenvalue weighted by atomic mass is 79.9. The lowest BCUT2D eigenvalue weighted by molar-refractivity contribution is -0.366.